The average Bonchev–Trinajstić information content (AvgIpc) is 2.41. The van der Waals surface area contributed by atoms with Crippen LogP contribution in [-0.4, -0.2) is 17.1 Å². The number of nitro benzene ring substituents is 1. The molecule has 0 aliphatic heterocycles. The quantitative estimate of drug-likeness (QED) is 0.684. The van der Waals surface area contributed by atoms with Crippen molar-refractivity contribution < 1.29 is 14.8 Å². The minimum Gasteiger partial charge on any atom is -0.507 e. The Hall–Kier alpha value is -2.21. The summed E-state index contributed by atoms with van der Waals surface area (Å²) in [7, 11) is 1.39. The molecule has 0 saturated heterocycles. The molecular weight excluding hydrogens is 266 g/mol. The van der Waals surface area contributed by atoms with Crippen LogP contribution in [0, 0.1) is 10.1 Å². The van der Waals surface area contributed by atoms with Gasteiger partial charge in [-0.25, -0.2) is 0 Å². The average molecular weight is 277 g/mol. The van der Waals surface area contributed by atoms with Crippen molar-refractivity contribution in [3.05, 3.63) is 52.6 Å². The van der Waals surface area contributed by atoms with Crippen molar-refractivity contribution in [1.82, 2.24) is 0 Å². The van der Waals surface area contributed by atoms with Crippen LogP contribution in [0.5, 0.6) is 11.5 Å². The molecule has 0 radical (unpaired) electrons. The predicted molar refractivity (Wildman–Crippen MR) is 71.9 cm³/mol. The van der Waals surface area contributed by atoms with E-state index in [9.17, 15) is 15.2 Å². The van der Waals surface area contributed by atoms with Crippen LogP contribution < -0.4 is 4.74 Å². The zero-order valence-electron chi connectivity index (χ0n) is 10.1. The number of hydrogen-bond acceptors (Lipinski definition) is 5. The topological polar surface area (TPSA) is 72.6 Å². The number of benzene rings is 2. The lowest BCUT2D eigenvalue weighted by atomic mass is 10.3. The third kappa shape index (κ3) is 2.97. The maximum absolute atomic E-state index is 10.8. The summed E-state index contributed by atoms with van der Waals surface area (Å²) < 4.78 is 5.00. The predicted octanol–water partition coefficient (Wildman–Crippen LogP) is 3.46. The van der Waals surface area contributed by atoms with Crippen LogP contribution in [0.25, 0.3) is 0 Å². The Morgan fingerprint density at radius 1 is 1.26 bits per heavy atom. The number of hydrogen-bond donors (Lipinski definition) is 1. The largest absolute Gasteiger partial charge is 0.507 e. The van der Waals surface area contributed by atoms with Gasteiger partial charge in [-0.2, -0.15) is 0 Å². The number of para-hydroxylation sites is 1. The van der Waals surface area contributed by atoms with E-state index in [4.69, 9.17) is 4.74 Å². The SMILES string of the molecule is COc1cc(Sc2ccccc2O)ccc1[N+](=O)[O-]. The van der Waals surface area contributed by atoms with Crippen molar-refractivity contribution in [2.45, 2.75) is 9.79 Å². The summed E-state index contributed by atoms with van der Waals surface area (Å²) in [6, 6.07) is 11.5. The molecule has 0 bridgehead atoms. The molecule has 0 fully saturated rings. The Balaban J connectivity index is 2.32. The van der Waals surface area contributed by atoms with Gasteiger partial charge in [0.2, 0.25) is 0 Å². The Bertz CT molecular complexity index is 615. The van der Waals surface area contributed by atoms with Crippen LogP contribution in [0.2, 0.25) is 0 Å². The first-order chi connectivity index (χ1) is 9.11. The molecule has 0 saturated carbocycles. The fraction of sp³-hybridized carbons (Fsp3) is 0.0769. The summed E-state index contributed by atoms with van der Waals surface area (Å²) in [4.78, 5) is 11.7. The van der Waals surface area contributed by atoms with Crippen molar-refractivity contribution in [3.8, 4) is 11.5 Å². The van der Waals surface area contributed by atoms with E-state index in [2.05, 4.69) is 0 Å². The third-order valence-corrected chi connectivity index (χ3v) is 3.50. The summed E-state index contributed by atoms with van der Waals surface area (Å²) in [5, 5.41) is 20.5. The summed E-state index contributed by atoms with van der Waals surface area (Å²) >= 11 is 1.31. The molecule has 2 aromatic rings. The molecule has 1 N–H and O–H groups in total. The summed E-state index contributed by atoms with van der Waals surface area (Å²) in [6.45, 7) is 0. The van der Waals surface area contributed by atoms with Crippen LogP contribution in [0.4, 0.5) is 5.69 Å². The monoisotopic (exact) mass is 277 g/mol. The highest BCUT2D eigenvalue weighted by molar-refractivity contribution is 7.99. The van der Waals surface area contributed by atoms with Crippen LogP contribution in [-0.2, 0) is 0 Å². The van der Waals surface area contributed by atoms with Gasteiger partial charge in [0, 0.05) is 17.0 Å². The minimum atomic E-state index is -0.493. The van der Waals surface area contributed by atoms with Gasteiger partial charge in [0.05, 0.1) is 16.9 Å². The molecule has 98 valence electrons. The summed E-state index contributed by atoms with van der Waals surface area (Å²) in [5.41, 5.74) is -0.0795. The van der Waals surface area contributed by atoms with E-state index in [1.165, 1.54) is 24.9 Å². The fourth-order valence-electron chi connectivity index (χ4n) is 1.54. The van der Waals surface area contributed by atoms with Gasteiger partial charge in [0.1, 0.15) is 5.75 Å². The third-order valence-electron chi connectivity index (χ3n) is 2.44. The van der Waals surface area contributed by atoms with Crippen LogP contribution in [0.1, 0.15) is 0 Å². The van der Waals surface area contributed by atoms with Gasteiger partial charge in [-0.15, -0.1) is 0 Å². The Labute approximate surface area is 114 Å². The summed E-state index contributed by atoms with van der Waals surface area (Å²) in [6.07, 6.45) is 0. The molecule has 0 spiro atoms. The minimum absolute atomic E-state index is 0.0795. The number of rotatable bonds is 4. The molecular formula is C13H11NO4S. The number of nitro groups is 1. The number of nitrogens with zero attached hydrogens (tertiary/aromatic N) is 1. The zero-order valence-corrected chi connectivity index (χ0v) is 10.9. The molecule has 0 amide bonds. The highest BCUT2D eigenvalue weighted by atomic mass is 32.2. The fourth-order valence-corrected chi connectivity index (χ4v) is 2.42. The lowest BCUT2D eigenvalue weighted by Gasteiger charge is -2.06. The molecule has 19 heavy (non-hydrogen) atoms. The standard InChI is InChI=1S/C13H11NO4S/c1-18-12-8-9(6-7-10(12)14(16)17)19-13-5-3-2-4-11(13)15/h2-8,15H,1H3. The van der Waals surface area contributed by atoms with Crippen molar-refractivity contribution in [2.75, 3.05) is 7.11 Å². The zero-order chi connectivity index (χ0) is 13.8. The maximum atomic E-state index is 10.8. The van der Waals surface area contributed by atoms with Gasteiger partial charge >= 0.3 is 5.69 Å². The van der Waals surface area contributed by atoms with Crippen LogP contribution in [0.3, 0.4) is 0 Å². The second-order valence-electron chi connectivity index (χ2n) is 3.66. The lowest BCUT2D eigenvalue weighted by Crippen LogP contribution is -1.93. The number of aromatic hydroxyl groups is 1. The van der Waals surface area contributed by atoms with E-state index in [1.54, 1.807) is 30.3 Å². The second-order valence-corrected chi connectivity index (χ2v) is 4.78. The molecule has 0 unspecified atom stereocenters. The summed E-state index contributed by atoms with van der Waals surface area (Å²) in [5.74, 6) is 0.371. The molecule has 0 atom stereocenters. The van der Waals surface area contributed by atoms with E-state index in [-0.39, 0.29) is 17.2 Å². The van der Waals surface area contributed by atoms with Gasteiger partial charge in [-0.1, -0.05) is 23.9 Å². The molecule has 0 aliphatic carbocycles. The Morgan fingerprint density at radius 2 is 2.00 bits per heavy atom. The van der Waals surface area contributed by atoms with Gasteiger partial charge in [-0.3, -0.25) is 10.1 Å². The van der Waals surface area contributed by atoms with E-state index in [1.807, 2.05) is 6.07 Å². The second kappa shape index (κ2) is 5.62. The van der Waals surface area contributed by atoms with E-state index in [0.29, 0.717) is 4.90 Å². The van der Waals surface area contributed by atoms with Gasteiger partial charge < -0.3 is 9.84 Å². The van der Waals surface area contributed by atoms with Gasteiger partial charge in [0.15, 0.2) is 5.75 Å². The first-order valence-electron chi connectivity index (χ1n) is 5.40. The first-order valence-corrected chi connectivity index (χ1v) is 6.21. The molecule has 0 aromatic heterocycles. The normalized spacial score (nSPS) is 10.2. The van der Waals surface area contributed by atoms with Crippen molar-refractivity contribution in [1.29, 1.82) is 0 Å². The van der Waals surface area contributed by atoms with E-state index in [0.717, 1.165) is 4.90 Å². The van der Waals surface area contributed by atoms with Gasteiger partial charge in [0.25, 0.3) is 0 Å². The highest BCUT2D eigenvalue weighted by Crippen LogP contribution is 2.38. The van der Waals surface area contributed by atoms with Crippen LogP contribution in [0.15, 0.2) is 52.3 Å². The van der Waals surface area contributed by atoms with Crippen LogP contribution >= 0.6 is 11.8 Å². The van der Waals surface area contributed by atoms with E-state index >= 15 is 0 Å². The van der Waals surface area contributed by atoms with Crippen molar-refractivity contribution >= 4 is 17.4 Å². The smallest absolute Gasteiger partial charge is 0.310 e. The Kier molecular flexibility index (Phi) is 3.91. The lowest BCUT2D eigenvalue weighted by molar-refractivity contribution is -0.385. The van der Waals surface area contributed by atoms with Crippen molar-refractivity contribution in [3.63, 3.8) is 0 Å². The molecule has 2 rings (SSSR count). The maximum Gasteiger partial charge on any atom is 0.310 e. The highest BCUT2D eigenvalue weighted by Gasteiger charge is 2.15. The number of phenolic OH excluding ortho intramolecular Hbond substituents is 1. The van der Waals surface area contributed by atoms with Crippen molar-refractivity contribution in [2.24, 2.45) is 0 Å². The number of phenols is 1. The molecule has 6 heteroatoms. The number of methoxy groups -OCH3 is 1. The molecule has 0 heterocycles. The molecule has 0 aliphatic rings. The first kappa shape index (κ1) is 13.2. The van der Waals surface area contributed by atoms with E-state index < -0.39 is 4.92 Å². The number of ether oxygens (including phenoxy) is 1. The van der Waals surface area contributed by atoms with Gasteiger partial charge in [-0.05, 0) is 18.2 Å². The molecule has 5 nitrogen and oxygen atoms in total. The Morgan fingerprint density at radius 3 is 2.63 bits per heavy atom. The molecule has 2 aromatic carbocycles.